The number of nitrogens with zero attached hydrogens (tertiary/aromatic N) is 1. The lowest BCUT2D eigenvalue weighted by atomic mass is 10.1. The molecular formula is C12H18N4O. The van der Waals surface area contributed by atoms with E-state index in [1.807, 2.05) is 18.2 Å². The second kappa shape index (κ2) is 6.52. The highest BCUT2D eigenvalue weighted by molar-refractivity contribution is 5.94. The molecule has 5 nitrogen and oxygen atoms in total. The number of hydrogen-bond acceptors (Lipinski definition) is 2. The Labute approximate surface area is 101 Å². The number of benzene rings is 1. The van der Waals surface area contributed by atoms with Gasteiger partial charge in [0.15, 0.2) is 5.96 Å². The van der Waals surface area contributed by atoms with Gasteiger partial charge in [-0.15, -0.1) is 0 Å². The molecule has 92 valence electrons. The molecule has 0 heterocycles. The van der Waals surface area contributed by atoms with Crippen molar-refractivity contribution in [3.63, 3.8) is 0 Å². The predicted molar refractivity (Wildman–Crippen MR) is 69.1 cm³/mol. The van der Waals surface area contributed by atoms with Gasteiger partial charge in [-0.3, -0.25) is 9.79 Å². The first-order valence-corrected chi connectivity index (χ1v) is 5.44. The van der Waals surface area contributed by atoms with Gasteiger partial charge in [0, 0.05) is 26.2 Å². The van der Waals surface area contributed by atoms with Crippen LogP contribution in [0.4, 0.5) is 0 Å². The first kappa shape index (κ1) is 13.0. The number of hydrogen-bond donors (Lipinski definition) is 3. The van der Waals surface area contributed by atoms with E-state index < -0.39 is 0 Å². The third-order valence-corrected chi connectivity index (χ3v) is 2.38. The molecule has 1 aromatic rings. The molecule has 0 saturated heterocycles. The predicted octanol–water partition coefficient (Wildman–Crippen LogP) is 0.123. The van der Waals surface area contributed by atoms with Crippen LogP contribution in [-0.2, 0) is 6.42 Å². The van der Waals surface area contributed by atoms with Gasteiger partial charge in [-0.25, -0.2) is 0 Å². The summed E-state index contributed by atoms with van der Waals surface area (Å²) in [4.78, 5) is 15.2. The normalized spacial score (nSPS) is 11.1. The van der Waals surface area contributed by atoms with Crippen molar-refractivity contribution in [3.8, 4) is 0 Å². The molecule has 17 heavy (non-hydrogen) atoms. The van der Waals surface area contributed by atoms with Crippen molar-refractivity contribution in [1.82, 2.24) is 10.6 Å². The largest absolute Gasteiger partial charge is 0.370 e. The fourth-order valence-corrected chi connectivity index (χ4v) is 1.43. The number of nitrogens with two attached hydrogens (primary N) is 1. The highest BCUT2D eigenvalue weighted by Crippen LogP contribution is 2.05. The Morgan fingerprint density at radius 2 is 2.24 bits per heavy atom. The summed E-state index contributed by atoms with van der Waals surface area (Å²) in [6.07, 6.45) is 0.793. The van der Waals surface area contributed by atoms with Crippen molar-refractivity contribution in [2.24, 2.45) is 10.7 Å². The van der Waals surface area contributed by atoms with Crippen LogP contribution >= 0.6 is 0 Å². The van der Waals surface area contributed by atoms with Crippen molar-refractivity contribution in [1.29, 1.82) is 0 Å². The van der Waals surface area contributed by atoms with Gasteiger partial charge < -0.3 is 16.4 Å². The maximum atomic E-state index is 11.4. The Kier molecular flexibility index (Phi) is 5.00. The molecule has 4 N–H and O–H groups in total. The van der Waals surface area contributed by atoms with Crippen LogP contribution in [0.5, 0.6) is 0 Å². The molecule has 1 aromatic carbocycles. The molecule has 0 saturated carbocycles. The minimum Gasteiger partial charge on any atom is -0.370 e. The second-order valence-corrected chi connectivity index (χ2v) is 3.57. The van der Waals surface area contributed by atoms with Crippen LogP contribution in [0.25, 0.3) is 0 Å². The van der Waals surface area contributed by atoms with Crippen molar-refractivity contribution in [2.75, 3.05) is 20.6 Å². The van der Waals surface area contributed by atoms with Crippen molar-refractivity contribution in [2.45, 2.75) is 6.42 Å². The van der Waals surface area contributed by atoms with Gasteiger partial charge >= 0.3 is 0 Å². The molecule has 0 spiro atoms. The average molecular weight is 234 g/mol. The molecule has 0 aliphatic heterocycles. The molecule has 0 aromatic heterocycles. The molecule has 0 aliphatic rings. The summed E-state index contributed by atoms with van der Waals surface area (Å²) in [6, 6.07) is 7.52. The first-order chi connectivity index (χ1) is 8.17. The van der Waals surface area contributed by atoms with E-state index in [-0.39, 0.29) is 5.91 Å². The maximum Gasteiger partial charge on any atom is 0.251 e. The van der Waals surface area contributed by atoms with Gasteiger partial charge in [0.25, 0.3) is 5.91 Å². The molecule has 0 unspecified atom stereocenters. The Bertz CT molecular complexity index is 415. The zero-order valence-corrected chi connectivity index (χ0v) is 10.2. The van der Waals surface area contributed by atoms with E-state index >= 15 is 0 Å². The molecular weight excluding hydrogens is 216 g/mol. The number of amides is 1. The summed E-state index contributed by atoms with van der Waals surface area (Å²) in [7, 11) is 3.25. The van der Waals surface area contributed by atoms with Crippen LogP contribution in [0.2, 0.25) is 0 Å². The zero-order chi connectivity index (χ0) is 12.7. The lowest BCUT2D eigenvalue weighted by Crippen LogP contribution is -2.32. The van der Waals surface area contributed by atoms with Crippen LogP contribution in [0, 0.1) is 0 Å². The van der Waals surface area contributed by atoms with Crippen LogP contribution in [-0.4, -0.2) is 32.5 Å². The number of rotatable bonds is 4. The quantitative estimate of drug-likeness (QED) is 0.511. The second-order valence-electron chi connectivity index (χ2n) is 3.57. The third kappa shape index (κ3) is 4.14. The fraction of sp³-hybridized carbons (Fsp3) is 0.333. The number of carbonyl (C=O) groups is 1. The highest BCUT2D eigenvalue weighted by Gasteiger charge is 2.03. The van der Waals surface area contributed by atoms with Crippen LogP contribution in [0.15, 0.2) is 29.3 Å². The monoisotopic (exact) mass is 234 g/mol. The molecule has 0 atom stereocenters. The minimum atomic E-state index is -0.0746. The number of nitrogens with one attached hydrogen (secondary N) is 2. The summed E-state index contributed by atoms with van der Waals surface area (Å²) in [5, 5.41) is 5.57. The molecule has 0 bridgehead atoms. The average Bonchev–Trinajstić information content (AvgIpc) is 2.38. The third-order valence-electron chi connectivity index (χ3n) is 2.38. The van der Waals surface area contributed by atoms with Crippen molar-refractivity contribution in [3.05, 3.63) is 35.4 Å². The molecule has 0 fully saturated rings. The smallest absolute Gasteiger partial charge is 0.251 e. The molecule has 1 rings (SSSR count). The van der Waals surface area contributed by atoms with E-state index in [0.29, 0.717) is 18.1 Å². The Hall–Kier alpha value is -2.04. The van der Waals surface area contributed by atoms with Crippen molar-refractivity contribution >= 4 is 11.9 Å². The standard InChI is InChI=1S/C12H18N4O/c1-14-11(17)10-5-3-4-9(8-10)6-7-16-12(13)15-2/h3-5,8H,6-7H2,1-2H3,(H,14,17)(H3,13,15,16). The van der Waals surface area contributed by atoms with E-state index in [1.54, 1.807) is 20.2 Å². The lowest BCUT2D eigenvalue weighted by molar-refractivity contribution is 0.0963. The molecule has 1 amide bonds. The van der Waals surface area contributed by atoms with Gasteiger partial charge in [0.05, 0.1) is 0 Å². The van der Waals surface area contributed by atoms with Gasteiger partial charge in [-0.1, -0.05) is 12.1 Å². The molecule has 0 radical (unpaired) electrons. The van der Waals surface area contributed by atoms with Crippen molar-refractivity contribution < 1.29 is 4.79 Å². The van der Waals surface area contributed by atoms with E-state index in [9.17, 15) is 4.79 Å². The Balaban J connectivity index is 2.57. The number of guanidine groups is 1. The van der Waals surface area contributed by atoms with Gasteiger partial charge in [0.2, 0.25) is 0 Å². The number of aliphatic imine (C=N–C) groups is 1. The van der Waals surface area contributed by atoms with Gasteiger partial charge in [-0.2, -0.15) is 0 Å². The summed E-state index contributed by atoms with van der Waals surface area (Å²) in [5.41, 5.74) is 7.27. The Morgan fingerprint density at radius 1 is 1.47 bits per heavy atom. The summed E-state index contributed by atoms with van der Waals surface area (Å²) >= 11 is 0. The minimum absolute atomic E-state index is 0.0746. The van der Waals surface area contributed by atoms with Crippen LogP contribution < -0.4 is 16.4 Å². The SMILES string of the molecule is CN=C(N)NCCc1cccc(C(=O)NC)c1. The lowest BCUT2D eigenvalue weighted by Gasteiger charge is -2.06. The van der Waals surface area contributed by atoms with Crippen LogP contribution in [0.1, 0.15) is 15.9 Å². The van der Waals surface area contributed by atoms with Crippen LogP contribution in [0.3, 0.4) is 0 Å². The Morgan fingerprint density at radius 3 is 2.88 bits per heavy atom. The summed E-state index contributed by atoms with van der Waals surface area (Å²) in [6.45, 7) is 0.695. The van der Waals surface area contributed by atoms with Gasteiger partial charge in [0.1, 0.15) is 0 Å². The zero-order valence-electron chi connectivity index (χ0n) is 10.2. The summed E-state index contributed by atoms with van der Waals surface area (Å²) in [5.74, 6) is 0.349. The molecule has 5 heteroatoms. The van der Waals surface area contributed by atoms with E-state index in [1.165, 1.54) is 0 Å². The summed E-state index contributed by atoms with van der Waals surface area (Å²) < 4.78 is 0. The van der Waals surface area contributed by atoms with Gasteiger partial charge in [-0.05, 0) is 24.1 Å². The highest BCUT2D eigenvalue weighted by atomic mass is 16.1. The molecule has 0 aliphatic carbocycles. The fourth-order valence-electron chi connectivity index (χ4n) is 1.43. The topological polar surface area (TPSA) is 79.5 Å². The van der Waals surface area contributed by atoms with E-state index in [2.05, 4.69) is 15.6 Å². The number of carbonyl (C=O) groups excluding carboxylic acids is 1. The first-order valence-electron chi connectivity index (χ1n) is 5.44. The maximum absolute atomic E-state index is 11.4. The van der Waals surface area contributed by atoms with E-state index in [0.717, 1.165) is 12.0 Å². The van der Waals surface area contributed by atoms with E-state index in [4.69, 9.17) is 5.73 Å².